The lowest BCUT2D eigenvalue weighted by atomic mass is 10.3. The Morgan fingerprint density at radius 1 is 1.29 bits per heavy atom. The Labute approximate surface area is 125 Å². The number of aromatic nitrogens is 3. The molecule has 2 aromatic rings. The van der Waals surface area contributed by atoms with Crippen LogP contribution in [0.4, 0.5) is 0 Å². The average molecular weight is 286 g/mol. The van der Waals surface area contributed by atoms with Crippen molar-refractivity contribution in [2.45, 2.75) is 33.4 Å². The Morgan fingerprint density at radius 2 is 2.05 bits per heavy atom. The molecule has 0 aliphatic carbocycles. The minimum Gasteiger partial charge on any atom is -0.357 e. The number of para-hydroxylation sites is 1. The largest absolute Gasteiger partial charge is 0.357 e. The van der Waals surface area contributed by atoms with Crippen molar-refractivity contribution in [1.82, 2.24) is 25.4 Å². The maximum atomic E-state index is 4.55. The smallest absolute Gasteiger partial charge is 0.191 e. The van der Waals surface area contributed by atoms with Crippen LogP contribution in [0, 0.1) is 0 Å². The van der Waals surface area contributed by atoms with E-state index in [-0.39, 0.29) is 0 Å². The molecule has 1 aromatic carbocycles. The second-order valence-electron chi connectivity index (χ2n) is 4.95. The molecule has 0 amide bonds. The zero-order valence-electron chi connectivity index (χ0n) is 12.7. The number of hydrogen-bond donors (Lipinski definition) is 2. The van der Waals surface area contributed by atoms with Gasteiger partial charge in [-0.1, -0.05) is 18.2 Å². The fourth-order valence-electron chi connectivity index (χ4n) is 1.91. The van der Waals surface area contributed by atoms with Gasteiger partial charge in [-0.15, -0.1) is 10.2 Å². The van der Waals surface area contributed by atoms with Crippen molar-refractivity contribution in [2.75, 3.05) is 6.54 Å². The Hall–Kier alpha value is -2.37. The maximum absolute atomic E-state index is 4.55. The second-order valence-corrected chi connectivity index (χ2v) is 4.95. The molecule has 2 rings (SSSR count). The average Bonchev–Trinajstić information content (AvgIpc) is 2.94. The van der Waals surface area contributed by atoms with Gasteiger partial charge in [0, 0.05) is 18.3 Å². The zero-order chi connectivity index (χ0) is 15.1. The van der Waals surface area contributed by atoms with Crippen LogP contribution < -0.4 is 10.6 Å². The summed E-state index contributed by atoms with van der Waals surface area (Å²) < 4.78 is 1.95. The Balaban J connectivity index is 2.14. The van der Waals surface area contributed by atoms with E-state index in [2.05, 4.69) is 39.7 Å². The summed E-state index contributed by atoms with van der Waals surface area (Å²) in [5.74, 6) is 1.59. The quantitative estimate of drug-likeness (QED) is 0.649. The molecule has 21 heavy (non-hydrogen) atoms. The van der Waals surface area contributed by atoms with Gasteiger partial charge in [-0.3, -0.25) is 4.57 Å². The minimum absolute atomic E-state index is 0.329. The summed E-state index contributed by atoms with van der Waals surface area (Å²) in [7, 11) is 0. The van der Waals surface area contributed by atoms with E-state index in [0.717, 1.165) is 24.0 Å². The minimum atomic E-state index is 0.329. The second kappa shape index (κ2) is 7.42. The highest BCUT2D eigenvalue weighted by molar-refractivity contribution is 5.79. The standard InChI is InChI=1S/C15H22N6/c1-4-16-15(19-12(2)3)17-10-14-20-18-11-21(14)13-8-6-5-7-9-13/h5-9,11-12H,4,10H2,1-3H3,(H2,16,17,19). The third-order valence-electron chi connectivity index (χ3n) is 2.80. The molecule has 0 atom stereocenters. The molecule has 112 valence electrons. The molecular weight excluding hydrogens is 264 g/mol. The predicted molar refractivity (Wildman–Crippen MR) is 84.4 cm³/mol. The molecule has 0 saturated heterocycles. The lowest BCUT2D eigenvalue weighted by molar-refractivity contribution is 0.697. The Morgan fingerprint density at radius 3 is 2.71 bits per heavy atom. The van der Waals surface area contributed by atoms with Crippen molar-refractivity contribution >= 4 is 5.96 Å². The molecule has 0 saturated carbocycles. The molecule has 0 fully saturated rings. The molecule has 0 spiro atoms. The summed E-state index contributed by atoms with van der Waals surface area (Å²) in [6, 6.07) is 10.3. The monoisotopic (exact) mass is 286 g/mol. The highest BCUT2D eigenvalue weighted by Gasteiger charge is 2.06. The van der Waals surface area contributed by atoms with Crippen molar-refractivity contribution in [3.05, 3.63) is 42.5 Å². The first kappa shape index (κ1) is 15.0. The van der Waals surface area contributed by atoms with E-state index in [1.54, 1.807) is 6.33 Å². The van der Waals surface area contributed by atoms with Gasteiger partial charge in [0.1, 0.15) is 12.9 Å². The van der Waals surface area contributed by atoms with E-state index in [4.69, 9.17) is 0 Å². The fraction of sp³-hybridized carbons (Fsp3) is 0.400. The molecule has 6 heteroatoms. The number of hydrogen-bond acceptors (Lipinski definition) is 3. The lowest BCUT2D eigenvalue weighted by Gasteiger charge is -2.14. The Kier molecular flexibility index (Phi) is 5.31. The topological polar surface area (TPSA) is 67.1 Å². The third-order valence-corrected chi connectivity index (χ3v) is 2.80. The first-order valence-electron chi connectivity index (χ1n) is 7.20. The van der Waals surface area contributed by atoms with E-state index in [0.29, 0.717) is 12.6 Å². The van der Waals surface area contributed by atoms with E-state index in [9.17, 15) is 0 Å². The fourth-order valence-corrected chi connectivity index (χ4v) is 1.91. The van der Waals surface area contributed by atoms with Crippen LogP contribution >= 0.6 is 0 Å². The number of aliphatic imine (C=N–C) groups is 1. The highest BCUT2D eigenvalue weighted by atomic mass is 15.3. The number of nitrogens with zero attached hydrogens (tertiary/aromatic N) is 4. The molecule has 1 heterocycles. The summed E-state index contributed by atoms with van der Waals surface area (Å²) in [5, 5.41) is 14.6. The van der Waals surface area contributed by atoms with Crippen LogP contribution in [0.15, 0.2) is 41.7 Å². The van der Waals surface area contributed by atoms with Gasteiger partial charge in [-0.05, 0) is 32.9 Å². The van der Waals surface area contributed by atoms with Gasteiger partial charge in [0.15, 0.2) is 11.8 Å². The molecule has 2 N–H and O–H groups in total. The van der Waals surface area contributed by atoms with Crippen LogP contribution in [0.5, 0.6) is 0 Å². The van der Waals surface area contributed by atoms with E-state index in [1.807, 2.05) is 41.8 Å². The zero-order valence-corrected chi connectivity index (χ0v) is 12.7. The van der Waals surface area contributed by atoms with Gasteiger partial charge in [-0.2, -0.15) is 0 Å². The van der Waals surface area contributed by atoms with Gasteiger partial charge in [0.05, 0.1) is 0 Å². The third kappa shape index (κ3) is 4.30. The van der Waals surface area contributed by atoms with Crippen molar-refractivity contribution in [2.24, 2.45) is 4.99 Å². The first-order chi connectivity index (χ1) is 10.2. The first-order valence-corrected chi connectivity index (χ1v) is 7.20. The van der Waals surface area contributed by atoms with Crippen LogP contribution in [0.25, 0.3) is 5.69 Å². The van der Waals surface area contributed by atoms with Crippen LogP contribution in [0.2, 0.25) is 0 Å². The molecule has 0 radical (unpaired) electrons. The number of guanidine groups is 1. The van der Waals surface area contributed by atoms with E-state index < -0.39 is 0 Å². The van der Waals surface area contributed by atoms with Crippen LogP contribution in [0.3, 0.4) is 0 Å². The van der Waals surface area contributed by atoms with Gasteiger partial charge >= 0.3 is 0 Å². The molecule has 0 bridgehead atoms. The Bertz CT molecular complexity index is 573. The number of benzene rings is 1. The van der Waals surface area contributed by atoms with Crippen molar-refractivity contribution in [3.63, 3.8) is 0 Å². The summed E-state index contributed by atoms with van der Waals surface area (Å²) in [4.78, 5) is 4.55. The van der Waals surface area contributed by atoms with Crippen molar-refractivity contribution < 1.29 is 0 Å². The van der Waals surface area contributed by atoms with Crippen LogP contribution in [0.1, 0.15) is 26.6 Å². The van der Waals surface area contributed by atoms with Crippen molar-refractivity contribution in [1.29, 1.82) is 0 Å². The SMILES string of the molecule is CCNC(=NCc1nncn1-c1ccccc1)NC(C)C. The normalized spacial score (nSPS) is 11.7. The molecule has 0 unspecified atom stereocenters. The van der Waals surface area contributed by atoms with Crippen LogP contribution in [-0.4, -0.2) is 33.3 Å². The molecular formula is C15H22N6. The summed E-state index contributed by atoms with van der Waals surface area (Å²) in [6.45, 7) is 7.50. The van der Waals surface area contributed by atoms with E-state index >= 15 is 0 Å². The predicted octanol–water partition coefficient (Wildman–Crippen LogP) is 1.73. The highest BCUT2D eigenvalue weighted by Crippen LogP contribution is 2.09. The maximum Gasteiger partial charge on any atom is 0.191 e. The van der Waals surface area contributed by atoms with Gasteiger partial charge in [0.2, 0.25) is 0 Å². The van der Waals surface area contributed by atoms with E-state index in [1.165, 1.54) is 0 Å². The summed E-state index contributed by atoms with van der Waals surface area (Å²) >= 11 is 0. The number of nitrogens with one attached hydrogen (secondary N) is 2. The molecule has 0 aliphatic heterocycles. The lowest BCUT2D eigenvalue weighted by Crippen LogP contribution is -2.41. The number of rotatable bonds is 5. The summed E-state index contributed by atoms with van der Waals surface area (Å²) in [5.41, 5.74) is 1.04. The van der Waals surface area contributed by atoms with Gasteiger partial charge < -0.3 is 10.6 Å². The van der Waals surface area contributed by atoms with Crippen LogP contribution in [-0.2, 0) is 6.54 Å². The molecule has 0 aliphatic rings. The summed E-state index contributed by atoms with van der Waals surface area (Å²) in [6.07, 6.45) is 1.71. The van der Waals surface area contributed by atoms with Crippen molar-refractivity contribution in [3.8, 4) is 5.69 Å². The van der Waals surface area contributed by atoms with Gasteiger partial charge in [0.25, 0.3) is 0 Å². The molecule has 6 nitrogen and oxygen atoms in total. The van der Waals surface area contributed by atoms with Gasteiger partial charge in [-0.25, -0.2) is 4.99 Å². The molecule has 1 aromatic heterocycles.